The number of anilines is 2. The summed E-state index contributed by atoms with van der Waals surface area (Å²) in [5, 5.41) is 19.6. The van der Waals surface area contributed by atoms with Crippen molar-refractivity contribution < 1.29 is 33.0 Å². The summed E-state index contributed by atoms with van der Waals surface area (Å²) in [6.07, 6.45) is 2.22. The summed E-state index contributed by atoms with van der Waals surface area (Å²) in [5.74, 6) is -2.45. The molecular formula is C26H29F2N5O5S. The van der Waals surface area contributed by atoms with Gasteiger partial charge in [0.2, 0.25) is 0 Å². The lowest BCUT2D eigenvalue weighted by molar-refractivity contribution is -0.137. The third-order valence-electron chi connectivity index (χ3n) is 6.73. The molecule has 2 amide bonds. The maximum atomic E-state index is 14.6. The van der Waals surface area contributed by atoms with E-state index in [4.69, 9.17) is 9.47 Å². The van der Waals surface area contributed by atoms with Crippen LogP contribution in [-0.2, 0) is 22.1 Å². The molecule has 2 saturated heterocycles. The van der Waals surface area contributed by atoms with Crippen LogP contribution in [-0.4, -0.2) is 49.7 Å². The molecule has 1 aromatic carbocycles. The van der Waals surface area contributed by atoms with Crippen molar-refractivity contribution in [1.82, 2.24) is 14.8 Å². The minimum absolute atomic E-state index is 0.0408. The Bertz CT molecular complexity index is 1410. The summed E-state index contributed by atoms with van der Waals surface area (Å²) in [5.41, 5.74) is -1.20. The number of nitrogens with zero attached hydrogens (tertiary/aromatic N) is 3. The predicted molar refractivity (Wildman–Crippen MR) is 140 cm³/mol. The molecule has 0 saturated carbocycles. The highest BCUT2D eigenvalue weighted by molar-refractivity contribution is 7.19. The Morgan fingerprint density at radius 1 is 1.21 bits per heavy atom. The maximum absolute atomic E-state index is 14.6. The molecule has 2 aromatic heterocycles. The van der Waals surface area contributed by atoms with E-state index in [2.05, 4.69) is 20.7 Å². The largest absolute Gasteiger partial charge is 0.444 e. The summed E-state index contributed by atoms with van der Waals surface area (Å²) in [6, 6.07) is 3.38. The molecule has 0 radical (unpaired) electrons. The SMILES string of the molecule is Cn1ncc(NC(=O)c2nc(-c3c(F)cccc3F)sc2NC(=O)OC(C)(C)C)c1C12CCC(O)C(CC1)O2. The van der Waals surface area contributed by atoms with Gasteiger partial charge in [-0.15, -0.1) is 0 Å². The zero-order valence-electron chi connectivity index (χ0n) is 21.9. The molecule has 10 nitrogen and oxygen atoms in total. The summed E-state index contributed by atoms with van der Waals surface area (Å²) in [6.45, 7) is 5.03. The first-order valence-corrected chi connectivity index (χ1v) is 13.3. The minimum Gasteiger partial charge on any atom is -0.444 e. The number of ether oxygens (including phenoxy) is 2. The summed E-state index contributed by atoms with van der Waals surface area (Å²) in [4.78, 5) is 30.3. The molecule has 2 aliphatic rings. The second-order valence-corrected chi connectivity index (χ2v) is 11.7. The van der Waals surface area contributed by atoms with E-state index in [1.807, 2.05) is 0 Å². The number of thiazole rings is 1. The third kappa shape index (κ3) is 5.25. The Morgan fingerprint density at radius 3 is 2.59 bits per heavy atom. The number of rotatable bonds is 5. The second kappa shape index (κ2) is 9.96. The molecule has 3 atom stereocenters. The number of benzene rings is 1. The van der Waals surface area contributed by atoms with Crippen LogP contribution in [0.1, 0.15) is 62.6 Å². The van der Waals surface area contributed by atoms with Crippen molar-refractivity contribution in [3.8, 4) is 10.6 Å². The van der Waals surface area contributed by atoms with Crippen molar-refractivity contribution in [1.29, 1.82) is 0 Å². The van der Waals surface area contributed by atoms with E-state index in [0.717, 1.165) is 23.5 Å². The monoisotopic (exact) mass is 561 g/mol. The summed E-state index contributed by atoms with van der Waals surface area (Å²) in [7, 11) is 1.73. The number of nitrogens with one attached hydrogen (secondary N) is 2. The molecule has 4 heterocycles. The lowest BCUT2D eigenvalue weighted by Crippen LogP contribution is -2.39. The van der Waals surface area contributed by atoms with Crippen LogP contribution < -0.4 is 10.6 Å². The molecule has 2 bridgehead atoms. The van der Waals surface area contributed by atoms with Gasteiger partial charge in [-0.2, -0.15) is 5.10 Å². The van der Waals surface area contributed by atoms with E-state index in [0.29, 0.717) is 37.1 Å². The van der Waals surface area contributed by atoms with Crippen molar-refractivity contribution in [3.63, 3.8) is 0 Å². The van der Waals surface area contributed by atoms with Crippen LogP contribution in [0.5, 0.6) is 0 Å². The molecule has 208 valence electrons. The van der Waals surface area contributed by atoms with E-state index in [1.165, 1.54) is 12.3 Å². The smallest absolute Gasteiger partial charge is 0.412 e. The molecule has 0 aliphatic carbocycles. The van der Waals surface area contributed by atoms with Gasteiger partial charge in [-0.25, -0.2) is 18.6 Å². The van der Waals surface area contributed by atoms with E-state index < -0.39 is 46.5 Å². The van der Waals surface area contributed by atoms with Crippen molar-refractivity contribution in [2.75, 3.05) is 10.6 Å². The summed E-state index contributed by atoms with van der Waals surface area (Å²) >= 11 is 0.745. The van der Waals surface area contributed by atoms with E-state index >= 15 is 0 Å². The molecule has 0 spiro atoms. The van der Waals surface area contributed by atoms with E-state index in [9.17, 15) is 23.5 Å². The van der Waals surface area contributed by atoms with Crippen LogP contribution >= 0.6 is 11.3 Å². The Morgan fingerprint density at radius 2 is 1.90 bits per heavy atom. The maximum Gasteiger partial charge on any atom is 0.412 e. The number of aromatic nitrogens is 3. The fourth-order valence-corrected chi connectivity index (χ4v) is 6.11. The number of hydrogen-bond acceptors (Lipinski definition) is 8. The fourth-order valence-electron chi connectivity index (χ4n) is 5.11. The van der Waals surface area contributed by atoms with E-state index in [-0.39, 0.29) is 21.8 Å². The number of hydrogen-bond donors (Lipinski definition) is 3. The summed E-state index contributed by atoms with van der Waals surface area (Å²) < 4.78 is 42.3. The number of carbonyl (C=O) groups is 2. The molecule has 5 rings (SSSR count). The second-order valence-electron chi connectivity index (χ2n) is 10.7. The first-order valence-electron chi connectivity index (χ1n) is 12.5. The number of aliphatic hydroxyl groups excluding tert-OH is 1. The standard InChI is InChI=1S/C26H29F2N5O5S/c1-25(2,3)38-24(36)32-23-19(31-22(39-23)18-13(27)6-5-7-14(18)28)21(35)30-15-12-29-33(4)20(15)26-10-8-16(34)17(37-26)9-11-26/h5-7,12,16-17,34H,8-11H2,1-4H3,(H,30,35)(H,32,36). The Hall–Kier alpha value is -3.42. The van der Waals surface area contributed by atoms with E-state index in [1.54, 1.807) is 32.5 Å². The Balaban J connectivity index is 1.49. The highest BCUT2D eigenvalue weighted by atomic mass is 32.1. The average molecular weight is 562 g/mol. The highest BCUT2D eigenvalue weighted by Crippen LogP contribution is 2.50. The zero-order valence-corrected chi connectivity index (χ0v) is 22.7. The molecule has 13 heteroatoms. The van der Waals surface area contributed by atoms with Crippen LogP contribution in [0.3, 0.4) is 0 Å². The van der Waals surface area contributed by atoms with Gasteiger partial charge in [-0.1, -0.05) is 17.4 Å². The number of halogens is 2. The van der Waals surface area contributed by atoms with Crippen molar-refractivity contribution in [3.05, 3.63) is 47.4 Å². The van der Waals surface area contributed by atoms with Gasteiger partial charge in [0.15, 0.2) is 5.69 Å². The van der Waals surface area contributed by atoms with Gasteiger partial charge in [0.05, 0.1) is 35.3 Å². The molecule has 2 fully saturated rings. The number of aryl methyl sites for hydroxylation is 1. The number of fused-ring (bicyclic) bond motifs is 2. The number of aliphatic hydroxyl groups is 1. The van der Waals surface area contributed by atoms with Gasteiger partial charge < -0.3 is 19.9 Å². The average Bonchev–Trinajstić information content (AvgIpc) is 3.52. The number of carbonyl (C=O) groups excluding carboxylic acids is 2. The first-order chi connectivity index (χ1) is 18.4. The van der Waals surface area contributed by atoms with Gasteiger partial charge in [-0.3, -0.25) is 14.8 Å². The van der Waals surface area contributed by atoms with Gasteiger partial charge in [0.25, 0.3) is 5.91 Å². The van der Waals surface area contributed by atoms with Crippen molar-refractivity contribution in [2.24, 2.45) is 7.05 Å². The molecule has 39 heavy (non-hydrogen) atoms. The molecule has 3 aromatic rings. The molecule has 3 unspecified atom stereocenters. The third-order valence-corrected chi connectivity index (χ3v) is 7.72. The highest BCUT2D eigenvalue weighted by Gasteiger charge is 2.51. The van der Waals surface area contributed by atoms with Crippen LogP contribution in [0.25, 0.3) is 10.6 Å². The zero-order chi connectivity index (χ0) is 28.1. The van der Waals surface area contributed by atoms with Gasteiger partial charge in [-0.05, 0) is 58.6 Å². The topological polar surface area (TPSA) is 128 Å². The quantitative estimate of drug-likeness (QED) is 0.402. The van der Waals surface area contributed by atoms with Crippen molar-refractivity contribution in [2.45, 2.75) is 69.9 Å². The Labute approximate surface area is 227 Å². The fraction of sp³-hybridized carbons (Fsp3) is 0.462. The Kier molecular flexibility index (Phi) is 6.93. The lowest BCUT2D eigenvalue weighted by Gasteiger charge is -2.36. The minimum atomic E-state index is -0.861. The molecule has 2 aliphatic heterocycles. The van der Waals surface area contributed by atoms with Crippen LogP contribution in [0.2, 0.25) is 0 Å². The van der Waals surface area contributed by atoms with Gasteiger partial charge in [0.1, 0.15) is 32.8 Å². The van der Waals surface area contributed by atoms with Crippen LogP contribution in [0.4, 0.5) is 24.3 Å². The number of amides is 2. The first kappa shape index (κ1) is 27.2. The lowest BCUT2D eigenvalue weighted by atomic mass is 9.89. The normalized spacial score (nSPS) is 22.5. The van der Waals surface area contributed by atoms with Gasteiger partial charge >= 0.3 is 6.09 Å². The predicted octanol–water partition coefficient (Wildman–Crippen LogP) is 4.95. The van der Waals surface area contributed by atoms with Crippen molar-refractivity contribution >= 4 is 34.0 Å². The molecule has 3 N–H and O–H groups in total. The van der Waals surface area contributed by atoms with Crippen LogP contribution in [0, 0.1) is 11.6 Å². The molecular weight excluding hydrogens is 532 g/mol. The van der Waals surface area contributed by atoms with Crippen LogP contribution in [0.15, 0.2) is 24.4 Å². The van der Waals surface area contributed by atoms with Gasteiger partial charge in [0, 0.05) is 7.05 Å².